The van der Waals surface area contributed by atoms with E-state index in [-0.39, 0.29) is 5.41 Å². The minimum absolute atomic E-state index is 0.179. The van der Waals surface area contributed by atoms with E-state index in [9.17, 15) is 4.79 Å². The quantitative estimate of drug-likeness (QED) is 0.647. The van der Waals surface area contributed by atoms with Gasteiger partial charge in [0.25, 0.3) is 0 Å². The number of aldehydes is 1. The van der Waals surface area contributed by atoms with Crippen LogP contribution in [0.5, 0.6) is 0 Å². The highest BCUT2D eigenvalue weighted by atomic mass is 16.1. The molecule has 0 radical (unpaired) electrons. The average molecular weight is 197 g/mol. The Labute approximate surface area is 87.7 Å². The third-order valence-corrected chi connectivity index (χ3v) is 3.16. The van der Waals surface area contributed by atoms with Crippen LogP contribution in [0.2, 0.25) is 0 Å². The molecule has 1 fully saturated rings. The summed E-state index contributed by atoms with van der Waals surface area (Å²) < 4.78 is 0. The first-order chi connectivity index (χ1) is 6.35. The van der Waals surface area contributed by atoms with Gasteiger partial charge in [-0.25, -0.2) is 0 Å². The summed E-state index contributed by atoms with van der Waals surface area (Å²) in [5.41, 5.74) is 0.323. The van der Waals surface area contributed by atoms with Crippen LogP contribution in [-0.2, 0) is 4.79 Å². The van der Waals surface area contributed by atoms with Crippen molar-refractivity contribution in [2.45, 2.75) is 40.5 Å². The van der Waals surface area contributed by atoms with Crippen LogP contribution in [0, 0.1) is 10.8 Å². The molecule has 0 atom stereocenters. The van der Waals surface area contributed by atoms with Gasteiger partial charge in [-0.3, -0.25) is 0 Å². The first-order valence-corrected chi connectivity index (χ1v) is 5.53. The standard InChI is InChI=1S/C12H23NO/c1-11(2)5-7-13(8-6-11)9-12(3,4)10-14/h10H,5-9H2,1-4H3. The van der Waals surface area contributed by atoms with Crippen molar-refractivity contribution in [2.75, 3.05) is 19.6 Å². The van der Waals surface area contributed by atoms with Gasteiger partial charge in [0.2, 0.25) is 0 Å². The van der Waals surface area contributed by atoms with Crippen molar-refractivity contribution in [3.05, 3.63) is 0 Å². The normalized spacial score (nSPS) is 23.4. The summed E-state index contributed by atoms with van der Waals surface area (Å²) >= 11 is 0. The van der Waals surface area contributed by atoms with Crippen LogP contribution < -0.4 is 0 Å². The third kappa shape index (κ3) is 3.41. The van der Waals surface area contributed by atoms with E-state index in [1.54, 1.807) is 0 Å². The molecule has 0 unspecified atom stereocenters. The minimum atomic E-state index is -0.179. The molecule has 1 aliphatic heterocycles. The molecule has 0 amide bonds. The van der Waals surface area contributed by atoms with Crippen molar-refractivity contribution in [3.8, 4) is 0 Å². The maximum absolute atomic E-state index is 10.8. The summed E-state index contributed by atoms with van der Waals surface area (Å²) in [5, 5.41) is 0. The van der Waals surface area contributed by atoms with Gasteiger partial charge >= 0.3 is 0 Å². The molecule has 0 saturated carbocycles. The van der Waals surface area contributed by atoms with E-state index in [0.717, 1.165) is 25.9 Å². The second-order valence-electron chi connectivity index (χ2n) is 6.05. The van der Waals surface area contributed by atoms with Crippen molar-refractivity contribution >= 4 is 6.29 Å². The van der Waals surface area contributed by atoms with E-state index < -0.39 is 0 Å². The lowest BCUT2D eigenvalue weighted by Crippen LogP contribution is -2.42. The predicted molar refractivity (Wildman–Crippen MR) is 59.3 cm³/mol. The van der Waals surface area contributed by atoms with Crippen LogP contribution in [-0.4, -0.2) is 30.8 Å². The Hall–Kier alpha value is -0.370. The molecule has 0 N–H and O–H groups in total. The van der Waals surface area contributed by atoms with E-state index in [0.29, 0.717) is 5.41 Å². The van der Waals surface area contributed by atoms with Gasteiger partial charge < -0.3 is 9.69 Å². The number of nitrogens with zero attached hydrogens (tertiary/aromatic N) is 1. The van der Waals surface area contributed by atoms with Crippen molar-refractivity contribution in [1.82, 2.24) is 4.90 Å². The van der Waals surface area contributed by atoms with Gasteiger partial charge in [-0.05, 0) is 31.3 Å². The Bertz CT molecular complexity index is 198. The van der Waals surface area contributed by atoms with E-state index in [1.165, 1.54) is 12.8 Å². The molecule has 2 nitrogen and oxygen atoms in total. The number of carbonyl (C=O) groups excluding carboxylic acids is 1. The van der Waals surface area contributed by atoms with E-state index in [1.807, 2.05) is 13.8 Å². The third-order valence-electron chi connectivity index (χ3n) is 3.16. The fraction of sp³-hybridized carbons (Fsp3) is 0.917. The molecule has 0 aromatic heterocycles. The maximum Gasteiger partial charge on any atom is 0.126 e. The lowest BCUT2D eigenvalue weighted by molar-refractivity contribution is -0.115. The first-order valence-electron chi connectivity index (χ1n) is 5.53. The van der Waals surface area contributed by atoms with Gasteiger partial charge in [0.1, 0.15) is 6.29 Å². The summed E-state index contributed by atoms with van der Waals surface area (Å²) in [4.78, 5) is 13.2. The fourth-order valence-corrected chi connectivity index (χ4v) is 1.93. The second kappa shape index (κ2) is 4.01. The summed E-state index contributed by atoms with van der Waals surface area (Å²) in [5.74, 6) is 0. The Balaban J connectivity index is 2.40. The Morgan fingerprint density at radius 1 is 1.29 bits per heavy atom. The molecule has 1 rings (SSSR count). The van der Waals surface area contributed by atoms with E-state index in [2.05, 4.69) is 18.7 Å². The fourth-order valence-electron chi connectivity index (χ4n) is 1.93. The topological polar surface area (TPSA) is 20.3 Å². The minimum Gasteiger partial charge on any atom is -0.303 e. The SMILES string of the molecule is CC(C)(C=O)CN1CCC(C)(C)CC1. The molecule has 82 valence electrons. The number of carbonyl (C=O) groups is 1. The smallest absolute Gasteiger partial charge is 0.126 e. The van der Waals surface area contributed by atoms with Crippen molar-refractivity contribution in [1.29, 1.82) is 0 Å². The van der Waals surface area contributed by atoms with Crippen molar-refractivity contribution in [3.63, 3.8) is 0 Å². The lowest BCUT2D eigenvalue weighted by Gasteiger charge is -2.39. The summed E-state index contributed by atoms with van der Waals surface area (Å²) in [6.45, 7) is 11.9. The summed E-state index contributed by atoms with van der Waals surface area (Å²) in [6, 6.07) is 0. The van der Waals surface area contributed by atoms with Crippen LogP contribution in [0.15, 0.2) is 0 Å². The number of piperidine rings is 1. The van der Waals surface area contributed by atoms with Gasteiger partial charge in [0.05, 0.1) is 0 Å². The highest BCUT2D eigenvalue weighted by Crippen LogP contribution is 2.30. The average Bonchev–Trinajstić information content (AvgIpc) is 2.09. The molecule has 0 spiro atoms. The van der Waals surface area contributed by atoms with Gasteiger partial charge in [-0.15, -0.1) is 0 Å². The Morgan fingerprint density at radius 2 is 1.79 bits per heavy atom. The first kappa shape index (κ1) is 11.7. The highest BCUT2D eigenvalue weighted by molar-refractivity contribution is 5.58. The van der Waals surface area contributed by atoms with Gasteiger partial charge in [0, 0.05) is 12.0 Å². The van der Waals surface area contributed by atoms with Crippen molar-refractivity contribution in [2.24, 2.45) is 10.8 Å². The van der Waals surface area contributed by atoms with Crippen LogP contribution in [0.25, 0.3) is 0 Å². The van der Waals surface area contributed by atoms with Crippen molar-refractivity contribution < 1.29 is 4.79 Å². The molecule has 2 heteroatoms. The zero-order valence-corrected chi connectivity index (χ0v) is 9.97. The van der Waals surface area contributed by atoms with Crippen LogP contribution >= 0.6 is 0 Å². The largest absolute Gasteiger partial charge is 0.303 e. The molecule has 14 heavy (non-hydrogen) atoms. The van der Waals surface area contributed by atoms with E-state index in [4.69, 9.17) is 0 Å². The number of hydrogen-bond acceptors (Lipinski definition) is 2. The highest BCUT2D eigenvalue weighted by Gasteiger charge is 2.28. The summed E-state index contributed by atoms with van der Waals surface area (Å²) in [7, 11) is 0. The molecular weight excluding hydrogens is 174 g/mol. The van der Waals surface area contributed by atoms with Gasteiger partial charge in [0.15, 0.2) is 0 Å². The molecule has 0 aliphatic carbocycles. The molecule has 1 saturated heterocycles. The van der Waals surface area contributed by atoms with E-state index >= 15 is 0 Å². The molecular formula is C12H23NO. The zero-order chi connectivity index (χ0) is 10.8. The van der Waals surface area contributed by atoms with Gasteiger partial charge in [-0.2, -0.15) is 0 Å². The maximum atomic E-state index is 10.8. The molecule has 0 bridgehead atoms. The molecule has 0 aromatic carbocycles. The number of likely N-dealkylation sites (tertiary alicyclic amines) is 1. The monoisotopic (exact) mass is 197 g/mol. The predicted octanol–water partition coefficient (Wildman–Crippen LogP) is 2.33. The molecule has 0 aromatic rings. The molecule has 1 heterocycles. The Kier molecular flexibility index (Phi) is 3.36. The number of hydrogen-bond donors (Lipinski definition) is 0. The van der Waals surface area contributed by atoms with Crippen LogP contribution in [0.4, 0.5) is 0 Å². The number of rotatable bonds is 3. The van der Waals surface area contributed by atoms with Gasteiger partial charge in [-0.1, -0.05) is 27.7 Å². The van der Waals surface area contributed by atoms with Crippen LogP contribution in [0.3, 0.4) is 0 Å². The second-order valence-corrected chi connectivity index (χ2v) is 6.05. The summed E-state index contributed by atoms with van der Waals surface area (Å²) in [6.07, 6.45) is 3.58. The zero-order valence-electron chi connectivity index (χ0n) is 9.97. The van der Waals surface area contributed by atoms with Crippen LogP contribution in [0.1, 0.15) is 40.5 Å². The Morgan fingerprint density at radius 3 is 2.21 bits per heavy atom. The molecule has 1 aliphatic rings. The lowest BCUT2D eigenvalue weighted by atomic mass is 9.82.